The molecule has 2 rings (SSSR count). The maximum absolute atomic E-state index is 13.6. The van der Waals surface area contributed by atoms with E-state index < -0.39 is 0 Å². The van der Waals surface area contributed by atoms with Crippen molar-refractivity contribution in [1.82, 2.24) is 10.5 Å². The van der Waals surface area contributed by atoms with Gasteiger partial charge in [0.1, 0.15) is 5.82 Å². The molecule has 19 heavy (non-hydrogen) atoms. The lowest BCUT2D eigenvalue weighted by molar-refractivity contribution is -0.121. The van der Waals surface area contributed by atoms with Crippen molar-refractivity contribution < 1.29 is 13.7 Å². The zero-order valence-electron chi connectivity index (χ0n) is 10.8. The Morgan fingerprint density at radius 2 is 2.16 bits per heavy atom. The third-order valence-corrected chi connectivity index (χ3v) is 2.49. The Labute approximate surface area is 110 Å². The van der Waals surface area contributed by atoms with E-state index in [2.05, 4.69) is 10.5 Å². The van der Waals surface area contributed by atoms with Crippen molar-refractivity contribution in [2.45, 2.75) is 26.3 Å². The summed E-state index contributed by atoms with van der Waals surface area (Å²) in [6.45, 7) is 3.76. The van der Waals surface area contributed by atoms with Gasteiger partial charge in [0.15, 0.2) is 5.76 Å². The van der Waals surface area contributed by atoms with Crippen LogP contribution in [-0.4, -0.2) is 17.1 Å². The third kappa shape index (κ3) is 3.40. The summed E-state index contributed by atoms with van der Waals surface area (Å²) in [5, 5.41) is 6.54. The number of hydrogen-bond donors (Lipinski definition) is 1. The molecule has 0 aliphatic heterocycles. The minimum Gasteiger partial charge on any atom is -0.356 e. The van der Waals surface area contributed by atoms with Crippen molar-refractivity contribution in [1.29, 1.82) is 0 Å². The Morgan fingerprint density at radius 1 is 1.42 bits per heavy atom. The number of aromatic nitrogens is 1. The highest BCUT2D eigenvalue weighted by atomic mass is 19.1. The van der Waals surface area contributed by atoms with Crippen LogP contribution in [-0.2, 0) is 11.2 Å². The highest BCUT2D eigenvalue weighted by Gasteiger charge is 2.13. The Morgan fingerprint density at radius 3 is 2.84 bits per heavy atom. The Kier molecular flexibility index (Phi) is 3.94. The fraction of sp³-hybridized carbons (Fsp3) is 0.286. The molecule has 1 amide bonds. The van der Waals surface area contributed by atoms with E-state index in [1.54, 1.807) is 24.3 Å². The van der Waals surface area contributed by atoms with Crippen LogP contribution in [0.4, 0.5) is 4.39 Å². The van der Waals surface area contributed by atoms with Crippen LogP contribution in [0.3, 0.4) is 0 Å². The monoisotopic (exact) mass is 262 g/mol. The van der Waals surface area contributed by atoms with Gasteiger partial charge >= 0.3 is 0 Å². The first-order valence-corrected chi connectivity index (χ1v) is 6.06. The Hall–Kier alpha value is -2.17. The summed E-state index contributed by atoms with van der Waals surface area (Å²) < 4.78 is 18.6. The lowest BCUT2D eigenvalue weighted by Crippen LogP contribution is -2.31. The molecule has 100 valence electrons. The van der Waals surface area contributed by atoms with Gasteiger partial charge in [-0.05, 0) is 26.0 Å². The van der Waals surface area contributed by atoms with Crippen molar-refractivity contribution in [3.05, 3.63) is 41.8 Å². The summed E-state index contributed by atoms with van der Waals surface area (Å²) >= 11 is 0. The van der Waals surface area contributed by atoms with E-state index in [0.29, 0.717) is 17.0 Å². The number of nitrogens with zero attached hydrogens (tertiary/aromatic N) is 1. The van der Waals surface area contributed by atoms with Gasteiger partial charge in [0.2, 0.25) is 5.91 Å². The van der Waals surface area contributed by atoms with Gasteiger partial charge < -0.3 is 9.84 Å². The van der Waals surface area contributed by atoms with Gasteiger partial charge in [-0.3, -0.25) is 4.79 Å². The average molecular weight is 262 g/mol. The summed E-state index contributed by atoms with van der Waals surface area (Å²) in [5.41, 5.74) is 0.821. The first kappa shape index (κ1) is 13.3. The highest BCUT2D eigenvalue weighted by Crippen LogP contribution is 2.23. The lowest BCUT2D eigenvalue weighted by Gasteiger charge is -2.05. The van der Waals surface area contributed by atoms with Crippen LogP contribution in [0.25, 0.3) is 11.3 Å². The average Bonchev–Trinajstić information content (AvgIpc) is 2.76. The summed E-state index contributed by atoms with van der Waals surface area (Å²) in [5.74, 6) is -0.189. The molecule has 1 heterocycles. The Balaban J connectivity index is 2.12. The molecule has 0 aliphatic rings. The van der Waals surface area contributed by atoms with Crippen LogP contribution < -0.4 is 5.32 Å². The molecule has 1 aromatic heterocycles. The number of halogens is 1. The van der Waals surface area contributed by atoms with E-state index in [1.165, 1.54) is 6.07 Å². The van der Waals surface area contributed by atoms with Crippen molar-refractivity contribution in [2.24, 2.45) is 0 Å². The smallest absolute Gasteiger partial charge is 0.226 e. The van der Waals surface area contributed by atoms with Crippen molar-refractivity contribution in [3.8, 4) is 11.3 Å². The molecule has 0 unspecified atom stereocenters. The quantitative estimate of drug-likeness (QED) is 0.921. The molecular weight excluding hydrogens is 247 g/mol. The number of hydrogen-bond acceptors (Lipinski definition) is 3. The molecule has 4 nitrogen and oxygen atoms in total. The molecule has 1 aromatic carbocycles. The second kappa shape index (κ2) is 5.65. The standard InChI is InChI=1S/C14H15FN2O2/c1-9(2)16-14(18)8-10-7-13(19-17-10)11-5-3-4-6-12(11)15/h3-7,9H,8H2,1-2H3,(H,16,18). The molecule has 0 bridgehead atoms. The largest absolute Gasteiger partial charge is 0.356 e. The van der Waals surface area contributed by atoms with Gasteiger partial charge in [0.05, 0.1) is 17.7 Å². The molecule has 0 aliphatic carbocycles. The van der Waals surface area contributed by atoms with Gasteiger partial charge in [-0.15, -0.1) is 0 Å². The topological polar surface area (TPSA) is 55.1 Å². The molecule has 0 spiro atoms. The van der Waals surface area contributed by atoms with Crippen LogP contribution in [0.5, 0.6) is 0 Å². The number of benzene rings is 1. The second-order valence-electron chi connectivity index (χ2n) is 4.56. The summed E-state index contributed by atoms with van der Waals surface area (Å²) in [6.07, 6.45) is 0.121. The molecule has 1 N–H and O–H groups in total. The minimum atomic E-state index is -0.378. The molecule has 0 saturated carbocycles. The maximum atomic E-state index is 13.6. The second-order valence-corrected chi connectivity index (χ2v) is 4.56. The van der Waals surface area contributed by atoms with Crippen molar-refractivity contribution in [3.63, 3.8) is 0 Å². The van der Waals surface area contributed by atoms with Crippen molar-refractivity contribution >= 4 is 5.91 Å². The summed E-state index contributed by atoms with van der Waals surface area (Å²) in [7, 11) is 0. The molecule has 5 heteroatoms. The predicted octanol–water partition coefficient (Wildman–Crippen LogP) is 2.55. The first-order chi connectivity index (χ1) is 9.06. The van der Waals surface area contributed by atoms with Gasteiger partial charge in [-0.25, -0.2) is 4.39 Å². The van der Waals surface area contributed by atoms with Crippen LogP contribution in [0.15, 0.2) is 34.9 Å². The molecule has 0 fully saturated rings. The number of carbonyl (C=O) groups is 1. The van der Waals surface area contributed by atoms with E-state index >= 15 is 0 Å². The third-order valence-electron chi connectivity index (χ3n) is 2.49. The van der Waals surface area contributed by atoms with E-state index in [4.69, 9.17) is 4.52 Å². The van der Waals surface area contributed by atoms with Crippen LogP contribution >= 0.6 is 0 Å². The molecule has 2 aromatic rings. The lowest BCUT2D eigenvalue weighted by atomic mass is 10.1. The molecule has 0 atom stereocenters. The minimum absolute atomic E-state index is 0.0745. The molecule has 0 radical (unpaired) electrons. The SMILES string of the molecule is CC(C)NC(=O)Cc1cc(-c2ccccc2F)on1. The van der Waals surface area contributed by atoms with Crippen LogP contribution in [0.1, 0.15) is 19.5 Å². The van der Waals surface area contributed by atoms with Crippen LogP contribution in [0.2, 0.25) is 0 Å². The van der Waals surface area contributed by atoms with Crippen molar-refractivity contribution in [2.75, 3.05) is 0 Å². The normalized spacial score (nSPS) is 10.7. The van der Waals surface area contributed by atoms with Crippen LogP contribution in [0, 0.1) is 5.82 Å². The number of nitrogens with one attached hydrogen (secondary N) is 1. The zero-order valence-corrected chi connectivity index (χ0v) is 10.8. The summed E-state index contributed by atoms with van der Waals surface area (Å²) in [6, 6.07) is 7.93. The highest BCUT2D eigenvalue weighted by molar-refractivity contribution is 5.78. The number of carbonyl (C=O) groups excluding carboxylic acids is 1. The van der Waals surface area contributed by atoms with E-state index in [-0.39, 0.29) is 24.2 Å². The number of rotatable bonds is 4. The predicted molar refractivity (Wildman–Crippen MR) is 68.9 cm³/mol. The van der Waals surface area contributed by atoms with E-state index in [9.17, 15) is 9.18 Å². The van der Waals surface area contributed by atoms with Gasteiger partial charge in [-0.1, -0.05) is 17.3 Å². The first-order valence-electron chi connectivity index (χ1n) is 6.06. The summed E-state index contributed by atoms with van der Waals surface area (Å²) in [4.78, 5) is 11.6. The van der Waals surface area contributed by atoms with Gasteiger partial charge in [0, 0.05) is 12.1 Å². The van der Waals surface area contributed by atoms with Gasteiger partial charge in [0.25, 0.3) is 0 Å². The Bertz CT molecular complexity index is 578. The zero-order chi connectivity index (χ0) is 13.8. The molecular formula is C14H15FN2O2. The maximum Gasteiger partial charge on any atom is 0.226 e. The fourth-order valence-electron chi connectivity index (χ4n) is 1.72. The molecule has 0 saturated heterocycles. The number of amides is 1. The van der Waals surface area contributed by atoms with Gasteiger partial charge in [-0.2, -0.15) is 0 Å². The van der Waals surface area contributed by atoms with E-state index in [1.807, 2.05) is 13.8 Å². The van der Waals surface area contributed by atoms with E-state index in [0.717, 1.165) is 0 Å². The fourth-order valence-corrected chi connectivity index (χ4v) is 1.72.